The highest BCUT2D eigenvalue weighted by molar-refractivity contribution is 8.27. The van der Waals surface area contributed by atoms with Gasteiger partial charge in [0, 0.05) is 17.0 Å². The Morgan fingerprint density at radius 3 is 2.67 bits per heavy atom. The molecule has 0 spiro atoms. The van der Waals surface area contributed by atoms with Crippen LogP contribution in [0.3, 0.4) is 0 Å². The van der Waals surface area contributed by atoms with Gasteiger partial charge in [0.1, 0.15) is 11.5 Å². The predicted octanol–water partition coefficient (Wildman–Crippen LogP) is 6.86. The van der Waals surface area contributed by atoms with Crippen LogP contribution in [0.2, 0.25) is 5.02 Å². The molecule has 1 saturated heterocycles. The zero-order valence-corrected chi connectivity index (χ0v) is 19.2. The van der Waals surface area contributed by atoms with Gasteiger partial charge in [-0.05, 0) is 41.8 Å². The lowest BCUT2D eigenvalue weighted by molar-refractivity contribution is -0.113. The number of aromatic carboxylic acids is 1. The first-order valence-electron chi connectivity index (χ1n) is 9.81. The molecule has 162 valence electrons. The number of carboxylic acids is 1. The molecule has 33 heavy (non-hydrogen) atoms. The van der Waals surface area contributed by atoms with E-state index in [1.165, 1.54) is 34.9 Å². The van der Waals surface area contributed by atoms with Crippen molar-refractivity contribution in [2.24, 2.45) is 0 Å². The van der Waals surface area contributed by atoms with E-state index >= 15 is 0 Å². The topological polar surface area (TPSA) is 70.8 Å². The second-order valence-corrected chi connectivity index (χ2v) is 9.30. The third-order valence-corrected chi connectivity index (χ3v) is 6.81. The van der Waals surface area contributed by atoms with Gasteiger partial charge in [-0.25, -0.2) is 4.79 Å². The van der Waals surface area contributed by atoms with Crippen LogP contribution in [0.5, 0.6) is 0 Å². The smallest absolute Gasteiger partial charge is 0.335 e. The van der Waals surface area contributed by atoms with Gasteiger partial charge in [-0.15, -0.1) is 0 Å². The number of carbonyl (C=O) groups is 2. The summed E-state index contributed by atoms with van der Waals surface area (Å²) >= 11 is 13.0. The molecule has 8 heteroatoms. The Kier molecular flexibility index (Phi) is 5.54. The SMILES string of the molecule is O=C(O)c1ccc(Cl)c(-c2ccc(/C=C3\SC(=S)N(c4cccc5ccccc45)C3=O)o2)c1. The van der Waals surface area contributed by atoms with Crippen molar-refractivity contribution >= 4 is 74.3 Å². The average molecular weight is 492 g/mol. The summed E-state index contributed by atoms with van der Waals surface area (Å²) < 4.78 is 6.30. The van der Waals surface area contributed by atoms with E-state index in [1.54, 1.807) is 18.2 Å². The van der Waals surface area contributed by atoms with Crippen molar-refractivity contribution in [3.05, 3.63) is 94.0 Å². The Hall–Kier alpha value is -3.39. The Morgan fingerprint density at radius 1 is 1.06 bits per heavy atom. The number of hydrogen-bond donors (Lipinski definition) is 1. The fraction of sp³-hybridized carbons (Fsp3) is 0. The fourth-order valence-corrected chi connectivity index (χ4v) is 5.11. The van der Waals surface area contributed by atoms with Crippen molar-refractivity contribution in [3.8, 4) is 11.3 Å². The summed E-state index contributed by atoms with van der Waals surface area (Å²) in [4.78, 5) is 26.5. The molecule has 1 N–H and O–H groups in total. The molecular weight excluding hydrogens is 478 g/mol. The number of hydrogen-bond acceptors (Lipinski definition) is 5. The van der Waals surface area contributed by atoms with Gasteiger partial charge in [-0.3, -0.25) is 9.69 Å². The first-order valence-corrected chi connectivity index (χ1v) is 11.4. The van der Waals surface area contributed by atoms with E-state index in [0.29, 0.717) is 31.3 Å². The van der Waals surface area contributed by atoms with Crippen molar-refractivity contribution in [2.75, 3.05) is 4.90 Å². The summed E-state index contributed by atoms with van der Waals surface area (Å²) in [6, 6.07) is 21.3. The molecule has 5 rings (SSSR count). The molecular formula is C25H14ClNO4S2. The molecule has 1 aliphatic rings. The van der Waals surface area contributed by atoms with Crippen LogP contribution in [0.1, 0.15) is 16.1 Å². The molecule has 0 radical (unpaired) electrons. The Balaban J connectivity index is 1.48. The molecule has 0 atom stereocenters. The minimum Gasteiger partial charge on any atom is -0.478 e. The lowest BCUT2D eigenvalue weighted by Crippen LogP contribution is -2.27. The van der Waals surface area contributed by atoms with E-state index in [9.17, 15) is 14.7 Å². The lowest BCUT2D eigenvalue weighted by Gasteiger charge is -2.17. The monoisotopic (exact) mass is 491 g/mol. The largest absolute Gasteiger partial charge is 0.478 e. The molecule has 0 unspecified atom stereocenters. The zero-order chi connectivity index (χ0) is 23.1. The number of nitrogens with zero attached hydrogens (tertiary/aromatic N) is 1. The van der Waals surface area contributed by atoms with Gasteiger partial charge in [0.15, 0.2) is 4.32 Å². The highest BCUT2D eigenvalue weighted by Crippen LogP contribution is 2.39. The van der Waals surface area contributed by atoms with E-state index < -0.39 is 5.97 Å². The molecule has 1 aromatic heterocycles. The second kappa shape index (κ2) is 8.51. The number of furan rings is 1. The maximum absolute atomic E-state index is 13.2. The predicted molar refractivity (Wildman–Crippen MR) is 136 cm³/mol. The van der Waals surface area contributed by atoms with Crippen molar-refractivity contribution in [2.45, 2.75) is 0 Å². The molecule has 5 nitrogen and oxygen atoms in total. The highest BCUT2D eigenvalue weighted by Gasteiger charge is 2.34. The first kappa shape index (κ1) is 21.5. The number of amides is 1. The Morgan fingerprint density at radius 2 is 1.85 bits per heavy atom. The number of rotatable bonds is 4. The molecule has 2 heterocycles. The van der Waals surface area contributed by atoms with Gasteiger partial charge in [0.25, 0.3) is 5.91 Å². The summed E-state index contributed by atoms with van der Waals surface area (Å²) in [5.41, 5.74) is 1.29. The van der Waals surface area contributed by atoms with Gasteiger partial charge < -0.3 is 9.52 Å². The standard InChI is InChI=1S/C25H14ClNO4S2/c26-19-10-8-15(24(29)30)12-18(19)21-11-9-16(31-21)13-22-23(28)27(25(32)33-22)20-7-3-5-14-4-1-2-6-17(14)20/h1-13H,(H,29,30)/b22-13-. The fourth-order valence-electron chi connectivity index (χ4n) is 3.63. The number of halogens is 1. The normalized spacial score (nSPS) is 15.1. The van der Waals surface area contributed by atoms with E-state index in [2.05, 4.69) is 0 Å². The second-order valence-electron chi connectivity index (χ2n) is 7.22. The zero-order valence-electron chi connectivity index (χ0n) is 16.8. The van der Waals surface area contributed by atoms with Gasteiger partial charge in [-0.2, -0.15) is 0 Å². The summed E-state index contributed by atoms with van der Waals surface area (Å²) in [5.74, 6) is -0.457. The van der Waals surface area contributed by atoms with E-state index in [-0.39, 0.29) is 11.5 Å². The van der Waals surface area contributed by atoms with E-state index in [4.69, 9.17) is 28.2 Å². The molecule has 0 bridgehead atoms. The minimum atomic E-state index is -1.06. The van der Waals surface area contributed by atoms with Crippen LogP contribution in [-0.2, 0) is 4.79 Å². The van der Waals surface area contributed by atoms with Crippen molar-refractivity contribution in [1.82, 2.24) is 0 Å². The number of benzene rings is 3. The Bertz CT molecular complexity index is 1490. The molecule has 4 aromatic rings. The summed E-state index contributed by atoms with van der Waals surface area (Å²) in [6.45, 7) is 0. The summed E-state index contributed by atoms with van der Waals surface area (Å²) in [5, 5.41) is 11.6. The van der Waals surface area contributed by atoms with Crippen molar-refractivity contribution in [3.63, 3.8) is 0 Å². The number of thioether (sulfide) groups is 1. The van der Waals surface area contributed by atoms with Gasteiger partial charge in [0.05, 0.1) is 21.2 Å². The number of anilines is 1. The number of thiocarbonyl (C=S) groups is 1. The summed E-state index contributed by atoms with van der Waals surface area (Å²) in [7, 11) is 0. The van der Waals surface area contributed by atoms with Crippen molar-refractivity contribution in [1.29, 1.82) is 0 Å². The number of carbonyl (C=O) groups excluding carboxylic acids is 1. The molecule has 1 fully saturated rings. The van der Waals surface area contributed by atoms with Crippen LogP contribution in [0.4, 0.5) is 5.69 Å². The molecule has 1 amide bonds. The Labute approximate surface area is 203 Å². The lowest BCUT2D eigenvalue weighted by atomic mass is 10.1. The van der Waals surface area contributed by atoms with Crippen LogP contribution in [-0.4, -0.2) is 21.3 Å². The quantitative estimate of drug-likeness (QED) is 0.248. The van der Waals surface area contributed by atoms with E-state index in [0.717, 1.165) is 16.5 Å². The number of carboxylic acid groups (broad SMARTS) is 1. The van der Waals surface area contributed by atoms with Gasteiger partial charge in [-0.1, -0.05) is 72.0 Å². The molecule has 0 aliphatic carbocycles. The van der Waals surface area contributed by atoms with Crippen LogP contribution in [0.15, 0.2) is 82.1 Å². The molecule has 1 aliphatic heterocycles. The van der Waals surface area contributed by atoms with Crippen LogP contribution in [0, 0.1) is 0 Å². The molecule has 3 aromatic carbocycles. The van der Waals surface area contributed by atoms with Crippen LogP contribution in [0.25, 0.3) is 28.2 Å². The van der Waals surface area contributed by atoms with Crippen molar-refractivity contribution < 1.29 is 19.1 Å². The van der Waals surface area contributed by atoms with Crippen LogP contribution < -0.4 is 4.90 Å². The molecule has 0 saturated carbocycles. The third-order valence-electron chi connectivity index (χ3n) is 5.18. The first-order chi connectivity index (χ1) is 15.9. The maximum Gasteiger partial charge on any atom is 0.335 e. The van der Waals surface area contributed by atoms with Gasteiger partial charge in [0.2, 0.25) is 0 Å². The number of fused-ring (bicyclic) bond motifs is 1. The van der Waals surface area contributed by atoms with Gasteiger partial charge >= 0.3 is 5.97 Å². The minimum absolute atomic E-state index is 0.100. The highest BCUT2D eigenvalue weighted by atomic mass is 35.5. The van der Waals surface area contributed by atoms with Crippen LogP contribution >= 0.6 is 35.6 Å². The third kappa shape index (κ3) is 3.95. The maximum atomic E-state index is 13.2. The summed E-state index contributed by atoms with van der Waals surface area (Å²) in [6.07, 6.45) is 1.63. The van der Waals surface area contributed by atoms with E-state index in [1.807, 2.05) is 42.5 Å². The average Bonchev–Trinajstić information content (AvgIpc) is 3.37.